The maximum Gasteiger partial charge on any atom is 0.323 e. The summed E-state index contributed by atoms with van der Waals surface area (Å²) in [6, 6.07) is 13.7. The minimum Gasteiger partial charge on any atom is -0.308 e. The molecule has 1 saturated heterocycles. The Bertz CT molecular complexity index is 1320. The molecule has 1 spiro atoms. The fourth-order valence-corrected chi connectivity index (χ4v) is 5.92. The number of aryl methyl sites for hydroxylation is 1. The van der Waals surface area contributed by atoms with Crippen LogP contribution in [0.1, 0.15) is 16.7 Å². The fourth-order valence-electron chi connectivity index (χ4n) is 4.46. The molecule has 0 saturated carbocycles. The van der Waals surface area contributed by atoms with Crippen LogP contribution in [0, 0.1) is 24.4 Å². The van der Waals surface area contributed by atoms with E-state index >= 15 is 0 Å². The minimum atomic E-state index is -1.34. The number of carbonyl (C=O) groups is 2. The van der Waals surface area contributed by atoms with Crippen molar-refractivity contribution in [1.82, 2.24) is 4.90 Å². The lowest BCUT2D eigenvalue weighted by Crippen LogP contribution is -2.51. The molecule has 1 N–H and O–H groups in total. The van der Waals surface area contributed by atoms with Crippen LogP contribution in [-0.2, 0) is 16.2 Å². The van der Waals surface area contributed by atoms with Crippen molar-refractivity contribution in [3.8, 4) is 0 Å². The van der Waals surface area contributed by atoms with Crippen molar-refractivity contribution in [3.05, 3.63) is 94.8 Å². The quantitative estimate of drug-likeness (QED) is 0.543. The number of hydrogen-bond acceptors (Lipinski definition) is 3. The molecule has 1 atom stereocenters. The second-order valence-corrected chi connectivity index (χ2v) is 9.52. The number of fused-ring (bicyclic) bond motifs is 2. The van der Waals surface area contributed by atoms with Gasteiger partial charge in [-0.05, 0) is 37.3 Å². The normalized spacial score (nSPS) is 19.1. The van der Waals surface area contributed by atoms with Gasteiger partial charge in [-0.1, -0.05) is 29.8 Å². The lowest BCUT2D eigenvalue weighted by Gasteiger charge is -2.33. The SMILES string of the molecule is Cc1ccc2c(c1)[C@]1(SCCN1C(=O)Nc1cccc(F)c1)C(=O)N2Cc1ccc(F)cc1F. The van der Waals surface area contributed by atoms with Gasteiger partial charge in [-0.2, -0.15) is 0 Å². The monoisotopic (exact) mass is 483 g/mol. The lowest BCUT2D eigenvalue weighted by molar-refractivity contribution is -0.123. The number of nitrogens with zero attached hydrogens (tertiary/aromatic N) is 2. The highest BCUT2D eigenvalue weighted by Crippen LogP contribution is 2.54. The molecule has 3 aromatic carbocycles. The van der Waals surface area contributed by atoms with Gasteiger partial charge in [-0.25, -0.2) is 18.0 Å². The summed E-state index contributed by atoms with van der Waals surface area (Å²) >= 11 is 1.33. The first kappa shape index (κ1) is 22.3. The van der Waals surface area contributed by atoms with Crippen LogP contribution in [0.4, 0.5) is 29.3 Å². The third kappa shape index (κ3) is 3.60. The zero-order valence-corrected chi connectivity index (χ0v) is 19.0. The number of halogens is 3. The smallest absolute Gasteiger partial charge is 0.308 e. The Kier molecular flexibility index (Phi) is 5.51. The number of anilines is 2. The molecule has 2 aliphatic heterocycles. The molecule has 3 aromatic rings. The molecule has 174 valence electrons. The predicted molar refractivity (Wildman–Crippen MR) is 125 cm³/mol. The van der Waals surface area contributed by atoms with E-state index < -0.39 is 28.4 Å². The van der Waals surface area contributed by atoms with E-state index in [2.05, 4.69) is 5.32 Å². The highest BCUT2D eigenvalue weighted by atomic mass is 32.2. The van der Waals surface area contributed by atoms with Gasteiger partial charge in [-0.3, -0.25) is 9.69 Å². The van der Waals surface area contributed by atoms with E-state index in [9.17, 15) is 22.8 Å². The zero-order valence-electron chi connectivity index (χ0n) is 18.1. The number of carbonyl (C=O) groups excluding carboxylic acids is 2. The number of rotatable bonds is 3. The van der Waals surface area contributed by atoms with Crippen LogP contribution >= 0.6 is 11.8 Å². The molecule has 2 heterocycles. The van der Waals surface area contributed by atoms with Crippen LogP contribution < -0.4 is 10.2 Å². The molecule has 1 fully saturated rings. The highest BCUT2D eigenvalue weighted by molar-refractivity contribution is 8.01. The molecule has 34 heavy (non-hydrogen) atoms. The van der Waals surface area contributed by atoms with Crippen LogP contribution in [0.5, 0.6) is 0 Å². The second kappa shape index (κ2) is 8.39. The molecule has 5 rings (SSSR count). The average Bonchev–Trinajstić information content (AvgIpc) is 3.33. The second-order valence-electron chi connectivity index (χ2n) is 8.23. The van der Waals surface area contributed by atoms with Crippen LogP contribution in [0.2, 0.25) is 0 Å². The summed E-state index contributed by atoms with van der Waals surface area (Å²) in [5.41, 5.74) is 2.54. The summed E-state index contributed by atoms with van der Waals surface area (Å²) in [6.07, 6.45) is 0. The van der Waals surface area contributed by atoms with E-state index in [0.717, 1.165) is 17.7 Å². The largest absolute Gasteiger partial charge is 0.323 e. The first-order valence-electron chi connectivity index (χ1n) is 10.6. The topological polar surface area (TPSA) is 52.7 Å². The number of thioether (sulfide) groups is 1. The molecule has 3 amide bonds. The van der Waals surface area contributed by atoms with Crippen molar-refractivity contribution >= 4 is 35.1 Å². The van der Waals surface area contributed by atoms with Gasteiger partial charge in [0.15, 0.2) is 4.87 Å². The molecule has 2 aliphatic rings. The number of benzene rings is 3. The van der Waals surface area contributed by atoms with Crippen molar-refractivity contribution < 1.29 is 22.8 Å². The summed E-state index contributed by atoms with van der Waals surface area (Å²) in [5.74, 6) is -1.81. The molecular formula is C25H20F3N3O2S. The van der Waals surface area contributed by atoms with Gasteiger partial charge in [0.2, 0.25) is 0 Å². The maximum absolute atomic E-state index is 14.4. The van der Waals surface area contributed by atoms with Gasteiger partial charge < -0.3 is 10.2 Å². The predicted octanol–water partition coefficient (Wildman–Crippen LogP) is 5.39. The molecule has 0 aromatic heterocycles. The van der Waals surface area contributed by atoms with Crippen molar-refractivity contribution in [2.75, 3.05) is 22.5 Å². The maximum atomic E-state index is 14.4. The summed E-state index contributed by atoms with van der Waals surface area (Å²) < 4.78 is 41.5. The Morgan fingerprint density at radius 3 is 2.62 bits per heavy atom. The molecule has 0 bridgehead atoms. The van der Waals surface area contributed by atoms with E-state index in [1.165, 1.54) is 45.8 Å². The van der Waals surface area contributed by atoms with Gasteiger partial charge in [0, 0.05) is 35.2 Å². The Morgan fingerprint density at radius 1 is 1.06 bits per heavy atom. The standard InChI is InChI=1S/C25H20F3N3O2S/c1-15-5-8-22-20(11-15)25(23(32)30(22)14-16-6-7-18(27)13-21(16)28)31(9-10-34-25)24(33)29-19-4-2-3-17(26)12-19/h2-8,11-13H,9-10,14H2,1H3,(H,29,33)/t25-/m0/s1. The van der Waals surface area contributed by atoms with Crippen molar-refractivity contribution in [1.29, 1.82) is 0 Å². The number of hydrogen-bond donors (Lipinski definition) is 1. The van der Waals surface area contributed by atoms with Crippen molar-refractivity contribution in [2.45, 2.75) is 18.3 Å². The van der Waals surface area contributed by atoms with E-state index in [4.69, 9.17) is 0 Å². The van der Waals surface area contributed by atoms with Gasteiger partial charge in [0.1, 0.15) is 17.5 Å². The number of urea groups is 1. The van der Waals surface area contributed by atoms with Gasteiger partial charge in [-0.15, -0.1) is 11.8 Å². The number of nitrogens with one attached hydrogen (secondary N) is 1. The van der Waals surface area contributed by atoms with Crippen LogP contribution in [0.25, 0.3) is 0 Å². The van der Waals surface area contributed by atoms with Gasteiger partial charge in [0.25, 0.3) is 5.91 Å². The average molecular weight is 484 g/mol. The first-order valence-corrected chi connectivity index (χ1v) is 11.6. The Labute approximate surface area is 198 Å². The molecule has 0 aliphatic carbocycles. The van der Waals surface area contributed by atoms with E-state index in [0.29, 0.717) is 23.5 Å². The number of amides is 3. The Hall–Kier alpha value is -3.46. The summed E-state index contributed by atoms with van der Waals surface area (Å²) in [4.78, 5) is 28.8. The van der Waals surface area contributed by atoms with E-state index in [1.807, 2.05) is 19.1 Å². The van der Waals surface area contributed by atoms with E-state index in [1.54, 1.807) is 12.1 Å². The lowest BCUT2D eigenvalue weighted by atomic mass is 10.0. The molecule has 0 unspecified atom stereocenters. The van der Waals surface area contributed by atoms with Crippen LogP contribution in [-0.4, -0.2) is 29.1 Å². The fraction of sp³-hybridized carbons (Fsp3) is 0.200. The molecule has 9 heteroatoms. The summed E-state index contributed by atoms with van der Waals surface area (Å²) in [6.45, 7) is 2.07. The van der Waals surface area contributed by atoms with E-state index in [-0.39, 0.29) is 23.7 Å². The van der Waals surface area contributed by atoms with Crippen molar-refractivity contribution in [2.24, 2.45) is 0 Å². The van der Waals surface area contributed by atoms with Crippen molar-refractivity contribution in [3.63, 3.8) is 0 Å². The van der Waals surface area contributed by atoms with Crippen LogP contribution in [0.15, 0.2) is 60.7 Å². The molecule has 0 radical (unpaired) electrons. The van der Waals surface area contributed by atoms with Gasteiger partial charge >= 0.3 is 6.03 Å². The van der Waals surface area contributed by atoms with Crippen LogP contribution in [0.3, 0.4) is 0 Å². The summed E-state index contributed by atoms with van der Waals surface area (Å²) in [7, 11) is 0. The first-order chi connectivity index (χ1) is 16.3. The third-order valence-electron chi connectivity index (χ3n) is 6.01. The minimum absolute atomic E-state index is 0.108. The molecule has 5 nitrogen and oxygen atoms in total. The molecular weight excluding hydrogens is 463 g/mol. The third-order valence-corrected chi connectivity index (χ3v) is 7.43. The Morgan fingerprint density at radius 2 is 1.85 bits per heavy atom. The zero-order chi connectivity index (χ0) is 24.0. The Balaban J connectivity index is 1.54. The highest BCUT2D eigenvalue weighted by Gasteiger charge is 2.59. The van der Waals surface area contributed by atoms with Gasteiger partial charge in [0.05, 0.1) is 12.2 Å². The summed E-state index contributed by atoms with van der Waals surface area (Å²) in [5, 5.41) is 2.68.